The molecule has 0 radical (unpaired) electrons. The molecular formula is C11H15N3O. The molecule has 0 aliphatic heterocycles. The van der Waals surface area contributed by atoms with Crippen LogP contribution in [-0.2, 0) is 0 Å². The molecule has 0 bridgehead atoms. The van der Waals surface area contributed by atoms with Crippen molar-refractivity contribution in [1.29, 1.82) is 0 Å². The molecule has 0 atom stereocenters. The summed E-state index contributed by atoms with van der Waals surface area (Å²) < 4.78 is 0. The first-order chi connectivity index (χ1) is 7.22. The van der Waals surface area contributed by atoms with Crippen molar-refractivity contribution < 1.29 is 4.79 Å². The number of anilines is 1. The maximum Gasteiger partial charge on any atom is 0.323 e. The van der Waals surface area contributed by atoms with Crippen LogP contribution >= 0.6 is 0 Å². The van der Waals surface area contributed by atoms with Gasteiger partial charge in [0.15, 0.2) is 0 Å². The van der Waals surface area contributed by atoms with Crippen molar-refractivity contribution in [2.24, 2.45) is 0 Å². The van der Waals surface area contributed by atoms with Crippen molar-refractivity contribution in [3.63, 3.8) is 0 Å². The van der Waals surface area contributed by atoms with Gasteiger partial charge >= 0.3 is 6.03 Å². The summed E-state index contributed by atoms with van der Waals surface area (Å²) in [6, 6.07) is 3.29. The van der Waals surface area contributed by atoms with Gasteiger partial charge < -0.3 is 10.6 Å². The van der Waals surface area contributed by atoms with E-state index in [2.05, 4.69) is 15.6 Å². The van der Waals surface area contributed by atoms with Crippen LogP contribution in [-0.4, -0.2) is 11.0 Å². The first-order valence-corrected chi connectivity index (χ1v) is 4.85. The molecule has 4 heteroatoms. The fourth-order valence-electron chi connectivity index (χ4n) is 0.895. The van der Waals surface area contributed by atoms with Crippen LogP contribution < -0.4 is 10.6 Å². The minimum Gasteiger partial charge on any atom is -0.314 e. The first-order valence-electron chi connectivity index (χ1n) is 4.85. The van der Waals surface area contributed by atoms with Gasteiger partial charge in [-0.1, -0.05) is 12.5 Å². The molecule has 0 saturated carbocycles. The minimum absolute atomic E-state index is 0.254. The Morgan fingerprint density at radius 1 is 1.60 bits per heavy atom. The van der Waals surface area contributed by atoms with Crippen molar-refractivity contribution in [3.05, 3.63) is 36.3 Å². The molecule has 0 spiro atoms. The average molecular weight is 205 g/mol. The van der Waals surface area contributed by atoms with E-state index in [4.69, 9.17) is 0 Å². The fourth-order valence-corrected chi connectivity index (χ4v) is 0.895. The van der Waals surface area contributed by atoms with Crippen LogP contribution in [0.1, 0.15) is 20.3 Å². The number of rotatable bonds is 3. The number of pyridine rings is 1. The van der Waals surface area contributed by atoms with Gasteiger partial charge in [-0.3, -0.25) is 4.98 Å². The summed E-state index contributed by atoms with van der Waals surface area (Å²) in [5.74, 6) is 0. The lowest BCUT2D eigenvalue weighted by Gasteiger charge is -2.04. The summed E-state index contributed by atoms with van der Waals surface area (Å²) in [7, 11) is 0. The molecular weight excluding hydrogens is 190 g/mol. The van der Waals surface area contributed by atoms with Crippen molar-refractivity contribution in [1.82, 2.24) is 10.3 Å². The zero-order chi connectivity index (χ0) is 11.1. The maximum absolute atomic E-state index is 11.3. The number of amides is 2. The molecule has 1 rings (SSSR count). The summed E-state index contributed by atoms with van der Waals surface area (Å²) in [5, 5.41) is 5.31. The number of allylic oxidation sites excluding steroid dienone is 1. The molecule has 2 amide bonds. The second-order valence-corrected chi connectivity index (χ2v) is 3.18. The third-order valence-electron chi connectivity index (χ3n) is 1.93. The van der Waals surface area contributed by atoms with Gasteiger partial charge in [-0.2, -0.15) is 0 Å². The summed E-state index contributed by atoms with van der Waals surface area (Å²) in [6.45, 7) is 4.00. The summed E-state index contributed by atoms with van der Waals surface area (Å²) in [6.07, 6.45) is 5.87. The summed E-state index contributed by atoms with van der Waals surface area (Å²) in [4.78, 5) is 15.2. The molecule has 0 aromatic carbocycles. The van der Waals surface area contributed by atoms with Crippen LogP contribution in [0.5, 0.6) is 0 Å². The molecule has 0 fully saturated rings. The Bertz CT molecular complexity index is 346. The van der Waals surface area contributed by atoms with Crippen molar-refractivity contribution in [2.75, 3.05) is 5.32 Å². The van der Waals surface area contributed by atoms with Crippen LogP contribution in [0.4, 0.5) is 10.5 Å². The van der Waals surface area contributed by atoms with Crippen LogP contribution in [0.15, 0.2) is 36.3 Å². The fraction of sp³-hybridized carbons (Fsp3) is 0.273. The van der Waals surface area contributed by atoms with Gasteiger partial charge in [-0.05, 0) is 25.5 Å². The average Bonchev–Trinajstić information content (AvgIpc) is 2.27. The van der Waals surface area contributed by atoms with Crippen LogP contribution in [0.3, 0.4) is 0 Å². The predicted molar refractivity (Wildman–Crippen MR) is 60.4 cm³/mol. The van der Waals surface area contributed by atoms with E-state index in [0.717, 1.165) is 12.0 Å². The van der Waals surface area contributed by atoms with Gasteiger partial charge in [-0.25, -0.2) is 4.79 Å². The molecule has 2 N–H and O–H groups in total. The van der Waals surface area contributed by atoms with Crippen molar-refractivity contribution >= 4 is 11.7 Å². The SMILES string of the molecule is CC/C(C)=C/NC(=O)Nc1cccnc1. The molecule has 15 heavy (non-hydrogen) atoms. The van der Waals surface area contributed by atoms with Crippen molar-refractivity contribution in [3.8, 4) is 0 Å². The molecule has 0 aliphatic carbocycles. The molecule has 0 saturated heterocycles. The third-order valence-corrected chi connectivity index (χ3v) is 1.93. The predicted octanol–water partition coefficient (Wildman–Crippen LogP) is 2.52. The Balaban J connectivity index is 2.44. The summed E-state index contributed by atoms with van der Waals surface area (Å²) in [5.41, 5.74) is 1.80. The Hall–Kier alpha value is -1.84. The highest BCUT2D eigenvalue weighted by atomic mass is 16.2. The summed E-state index contributed by atoms with van der Waals surface area (Å²) >= 11 is 0. The molecule has 0 unspecified atom stereocenters. The van der Waals surface area contributed by atoms with Crippen LogP contribution in [0.2, 0.25) is 0 Å². The lowest BCUT2D eigenvalue weighted by molar-refractivity contribution is 0.255. The van der Waals surface area contributed by atoms with Crippen molar-refractivity contribution in [2.45, 2.75) is 20.3 Å². The molecule has 1 aromatic rings. The van der Waals surface area contributed by atoms with Crippen LogP contribution in [0, 0.1) is 0 Å². The second kappa shape index (κ2) is 5.80. The highest BCUT2D eigenvalue weighted by molar-refractivity contribution is 5.89. The number of hydrogen-bond acceptors (Lipinski definition) is 2. The molecule has 1 heterocycles. The number of urea groups is 1. The zero-order valence-electron chi connectivity index (χ0n) is 8.95. The van der Waals surface area contributed by atoms with E-state index in [0.29, 0.717) is 5.69 Å². The normalized spacial score (nSPS) is 10.9. The quantitative estimate of drug-likeness (QED) is 0.796. The van der Waals surface area contributed by atoms with Gasteiger partial charge in [0.05, 0.1) is 11.9 Å². The number of aromatic nitrogens is 1. The standard InChI is InChI=1S/C11H15N3O/c1-3-9(2)7-13-11(15)14-10-5-4-6-12-8-10/h4-8H,3H2,1-2H3,(H2,13,14,15)/b9-7+. The van der Waals surface area contributed by atoms with E-state index in [-0.39, 0.29) is 6.03 Å². The number of nitrogens with one attached hydrogen (secondary N) is 2. The molecule has 80 valence electrons. The van der Waals surface area contributed by atoms with E-state index >= 15 is 0 Å². The van der Waals surface area contributed by atoms with Gasteiger partial charge in [0.2, 0.25) is 0 Å². The number of carbonyl (C=O) groups is 1. The lowest BCUT2D eigenvalue weighted by atomic mass is 10.3. The molecule has 1 aromatic heterocycles. The molecule has 4 nitrogen and oxygen atoms in total. The van der Waals surface area contributed by atoms with E-state index in [1.807, 2.05) is 13.8 Å². The van der Waals surface area contributed by atoms with E-state index < -0.39 is 0 Å². The topological polar surface area (TPSA) is 54.0 Å². The Morgan fingerprint density at radius 2 is 2.40 bits per heavy atom. The van der Waals surface area contributed by atoms with E-state index in [1.165, 1.54) is 0 Å². The van der Waals surface area contributed by atoms with E-state index in [1.54, 1.807) is 30.7 Å². The Kier molecular flexibility index (Phi) is 4.34. The monoisotopic (exact) mass is 205 g/mol. The van der Waals surface area contributed by atoms with Gasteiger partial charge in [-0.15, -0.1) is 0 Å². The van der Waals surface area contributed by atoms with E-state index in [9.17, 15) is 4.79 Å². The number of nitrogens with zero attached hydrogens (tertiary/aromatic N) is 1. The van der Waals surface area contributed by atoms with Gasteiger partial charge in [0.25, 0.3) is 0 Å². The highest BCUT2D eigenvalue weighted by Crippen LogP contribution is 2.02. The van der Waals surface area contributed by atoms with Gasteiger partial charge in [0, 0.05) is 12.4 Å². The number of carbonyl (C=O) groups excluding carboxylic acids is 1. The zero-order valence-corrected chi connectivity index (χ0v) is 8.95. The van der Waals surface area contributed by atoms with Gasteiger partial charge in [0.1, 0.15) is 0 Å². The second-order valence-electron chi connectivity index (χ2n) is 3.18. The maximum atomic E-state index is 11.3. The number of hydrogen-bond donors (Lipinski definition) is 2. The Morgan fingerprint density at radius 3 is 3.00 bits per heavy atom. The smallest absolute Gasteiger partial charge is 0.314 e. The highest BCUT2D eigenvalue weighted by Gasteiger charge is 1.98. The van der Waals surface area contributed by atoms with Crippen LogP contribution in [0.25, 0.3) is 0 Å². The minimum atomic E-state index is -0.254. The first kappa shape index (κ1) is 11.2. The third kappa shape index (κ3) is 4.26. The Labute approximate surface area is 89.4 Å². The molecule has 0 aliphatic rings. The largest absolute Gasteiger partial charge is 0.323 e. The lowest BCUT2D eigenvalue weighted by Crippen LogP contribution is -2.24.